The van der Waals surface area contributed by atoms with Gasteiger partial charge in [-0.05, 0) is 62.4 Å². The average molecular weight is 313 g/mol. The minimum atomic E-state index is -3.73. The highest BCUT2D eigenvalue weighted by Crippen LogP contribution is 2.29. The van der Waals surface area contributed by atoms with Crippen LogP contribution in [0.5, 0.6) is 0 Å². The number of aliphatic carboxylic acids is 1. The van der Waals surface area contributed by atoms with Crippen LogP contribution in [0.2, 0.25) is 0 Å². The van der Waals surface area contributed by atoms with Crippen LogP contribution in [0.4, 0.5) is 0 Å². The monoisotopic (exact) mass is 313 g/mol. The summed E-state index contributed by atoms with van der Waals surface area (Å²) < 4.78 is 27.4. The number of sulfonamides is 1. The molecule has 6 heteroatoms. The molecule has 0 radical (unpaired) electrons. The second-order valence-corrected chi connectivity index (χ2v) is 7.25. The lowest BCUT2D eigenvalue weighted by atomic mass is 9.95. The van der Waals surface area contributed by atoms with Crippen LogP contribution in [0.3, 0.4) is 0 Å². The van der Waals surface area contributed by atoms with Gasteiger partial charge in [0.05, 0.1) is 10.8 Å². The predicted octanol–water partition coefficient (Wildman–Crippen LogP) is 2.23. The number of carbonyl (C=O) groups is 1. The van der Waals surface area contributed by atoms with Crippen LogP contribution in [0.1, 0.15) is 34.7 Å². The minimum Gasteiger partial charge on any atom is -0.481 e. The van der Waals surface area contributed by atoms with Crippen molar-refractivity contribution in [3.63, 3.8) is 0 Å². The van der Waals surface area contributed by atoms with E-state index in [-0.39, 0.29) is 11.4 Å². The molecule has 5 nitrogen and oxygen atoms in total. The number of hydrogen-bond donors (Lipinski definition) is 2. The smallest absolute Gasteiger partial charge is 0.307 e. The van der Waals surface area contributed by atoms with Crippen molar-refractivity contribution in [1.29, 1.82) is 0 Å². The third kappa shape index (κ3) is 3.44. The molecule has 0 fully saturated rings. The largest absolute Gasteiger partial charge is 0.481 e. The molecular formula is C15H23NO4S. The van der Waals surface area contributed by atoms with Crippen LogP contribution in [0.25, 0.3) is 0 Å². The van der Waals surface area contributed by atoms with Crippen LogP contribution in [0.15, 0.2) is 4.90 Å². The van der Waals surface area contributed by atoms with Crippen LogP contribution < -0.4 is 4.72 Å². The van der Waals surface area contributed by atoms with E-state index in [2.05, 4.69) is 4.72 Å². The van der Waals surface area contributed by atoms with Gasteiger partial charge in [0.1, 0.15) is 0 Å². The van der Waals surface area contributed by atoms with Crippen molar-refractivity contribution in [1.82, 2.24) is 4.72 Å². The van der Waals surface area contributed by atoms with Crippen LogP contribution >= 0.6 is 0 Å². The van der Waals surface area contributed by atoms with Gasteiger partial charge >= 0.3 is 5.97 Å². The first-order valence-electron chi connectivity index (χ1n) is 6.80. The molecule has 0 heterocycles. The lowest BCUT2D eigenvalue weighted by Crippen LogP contribution is -2.32. The summed E-state index contributed by atoms with van der Waals surface area (Å²) in [6.45, 7) is 10.7. The number of benzene rings is 1. The zero-order chi connectivity index (χ0) is 16.5. The quantitative estimate of drug-likeness (QED) is 0.873. The van der Waals surface area contributed by atoms with Gasteiger partial charge in [0.2, 0.25) is 10.0 Å². The van der Waals surface area contributed by atoms with Gasteiger partial charge in [-0.1, -0.05) is 6.92 Å². The van der Waals surface area contributed by atoms with Crippen LogP contribution in [-0.2, 0) is 14.8 Å². The summed E-state index contributed by atoms with van der Waals surface area (Å²) >= 11 is 0. The molecule has 2 N–H and O–H groups in total. The van der Waals surface area contributed by atoms with Gasteiger partial charge in [0, 0.05) is 6.54 Å². The standard InChI is InChI=1S/C15H23NO4S/c1-8(15(17)18)7-16-21(19,20)14-12(5)10(3)9(2)11(4)13(14)6/h8,16H,7H2,1-6H3,(H,17,18). The summed E-state index contributed by atoms with van der Waals surface area (Å²) in [5.74, 6) is -1.80. The van der Waals surface area contributed by atoms with Gasteiger partial charge in [-0.15, -0.1) is 0 Å². The maximum absolute atomic E-state index is 12.5. The normalized spacial score (nSPS) is 13.2. The number of nitrogens with one attached hydrogen (secondary N) is 1. The predicted molar refractivity (Wildman–Crippen MR) is 82.1 cm³/mol. The molecule has 21 heavy (non-hydrogen) atoms. The molecule has 0 aliphatic rings. The maximum atomic E-state index is 12.5. The molecule has 0 spiro atoms. The first-order chi connectivity index (χ1) is 9.50. The summed E-state index contributed by atoms with van der Waals surface area (Å²) in [5, 5.41) is 8.85. The van der Waals surface area contributed by atoms with Crippen molar-refractivity contribution < 1.29 is 18.3 Å². The highest BCUT2D eigenvalue weighted by molar-refractivity contribution is 7.89. The maximum Gasteiger partial charge on any atom is 0.307 e. The molecule has 0 bridgehead atoms. The molecular weight excluding hydrogens is 290 g/mol. The third-order valence-electron chi connectivity index (χ3n) is 4.20. The molecule has 1 aromatic rings. The fourth-order valence-corrected chi connectivity index (χ4v) is 3.99. The number of hydrogen-bond acceptors (Lipinski definition) is 3. The summed E-state index contributed by atoms with van der Waals surface area (Å²) in [7, 11) is -3.73. The van der Waals surface area contributed by atoms with Crippen LogP contribution in [-0.4, -0.2) is 26.0 Å². The Bertz CT molecular complexity index is 648. The van der Waals surface area contributed by atoms with Crippen LogP contribution in [0, 0.1) is 40.5 Å². The first kappa shape index (κ1) is 17.7. The average Bonchev–Trinajstić information content (AvgIpc) is 2.40. The molecule has 0 amide bonds. The molecule has 1 aromatic carbocycles. The second kappa shape index (κ2) is 6.15. The summed E-state index contributed by atoms with van der Waals surface area (Å²) in [5.41, 5.74) is 4.41. The van der Waals surface area contributed by atoms with E-state index in [4.69, 9.17) is 5.11 Å². The molecule has 0 aliphatic carbocycles. The Morgan fingerprint density at radius 3 is 1.76 bits per heavy atom. The van der Waals surface area contributed by atoms with E-state index in [9.17, 15) is 13.2 Å². The van der Waals surface area contributed by atoms with Gasteiger partial charge in [-0.25, -0.2) is 13.1 Å². The van der Waals surface area contributed by atoms with Gasteiger partial charge < -0.3 is 5.11 Å². The second-order valence-electron chi connectivity index (χ2n) is 5.55. The number of carboxylic acids is 1. The van der Waals surface area contributed by atoms with E-state index in [0.29, 0.717) is 11.1 Å². The highest BCUT2D eigenvalue weighted by Gasteiger charge is 2.24. The van der Waals surface area contributed by atoms with Crippen molar-refractivity contribution in [2.75, 3.05) is 6.54 Å². The summed E-state index contributed by atoms with van der Waals surface area (Å²) in [4.78, 5) is 11.1. The first-order valence-corrected chi connectivity index (χ1v) is 8.28. The molecule has 1 atom stereocenters. The van der Waals surface area contributed by atoms with Gasteiger partial charge in [0.15, 0.2) is 0 Å². The molecule has 0 saturated heterocycles. The van der Waals surface area contributed by atoms with E-state index < -0.39 is 21.9 Å². The number of rotatable bonds is 5. The lowest BCUT2D eigenvalue weighted by molar-refractivity contribution is -0.140. The van der Waals surface area contributed by atoms with Crippen molar-refractivity contribution in [3.05, 3.63) is 27.8 Å². The van der Waals surface area contributed by atoms with E-state index >= 15 is 0 Å². The Kier molecular flexibility index (Phi) is 5.17. The summed E-state index contributed by atoms with van der Waals surface area (Å²) in [6, 6.07) is 0. The lowest BCUT2D eigenvalue weighted by Gasteiger charge is -2.19. The topological polar surface area (TPSA) is 83.5 Å². The molecule has 1 unspecified atom stereocenters. The zero-order valence-electron chi connectivity index (χ0n) is 13.4. The van der Waals surface area contributed by atoms with Crippen molar-refractivity contribution in [2.24, 2.45) is 5.92 Å². The third-order valence-corrected chi connectivity index (χ3v) is 5.90. The Balaban J connectivity index is 3.30. The fourth-order valence-electron chi connectivity index (χ4n) is 2.26. The Labute approximate surface area is 126 Å². The van der Waals surface area contributed by atoms with Gasteiger partial charge in [-0.2, -0.15) is 0 Å². The zero-order valence-corrected chi connectivity index (χ0v) is 14.2. The fraction of sp³-hybridized carbons (Fsp3) is 0.533. The number of carboxylic acid groups (broad SMARTS) is 1. The Hall–Kier alpha value is -1.40. The Morgan fingerprint density at radius 2 is 1.38 bits per heavy atom. The molecule has 118 valence electrons. The Morgan fingerprint density at radius 1 is 1.00 bits per heavy atom. The highest BCUT2D eigenvalue weighted by atomic mass is 32.2. The van der Waals surface area contributed by atoms with Crippen molar-refractivity contribution >= 4 is 16.0 Å². The van der Waals surface area contributed by atoms with E-state index in [1.807, 2.05) is 20.8 Å². The SMILES string of the molecule is Cc1c(C)c(C)c(S(=O)(=O)NCC(C)C(=O)O)c(C)c1C. The van der Waals surface area contributed by atoms with Gasteiger partial charge in [-0.3, -0.25) is 4.79 Å². The molecule has 0 saturated carbocycles. The molecule has 1 rings (SSSR count). The van der Waals surface area contributed by atoms with E-state index in [1.54, 1.807) is 13.8 Å². The summed E-state index contributed by atoms with van der Waals surface area (Å²) in [6.07, 6.45) is 0. The van der Waals surface area contributed by atoms with E-state index in [0.717, 1.165) is 16.7 Å². The van der Waals surface area contributed by atoms with Crippen molar-refractivity contribution in [2.45, 2.75) is 46.4 Å². The molecule has 0 aliphatic heterocycles. The van der Waals surface area contributed by atoms with E-state index in [1.165, 1.54) is 6.92 Å². The van der Waals surface area contributed by atoms with Crippen molar-refractivity contribution in [3.8, 4) is 0 Å². The molecule has 0 aromatic heterocycles. The minimum absolute atomic E-state index is 0.123. The van der Waals surface area contributed by atoms with Gasteiger partial charge in [0.25, 0.3) is 0 Å².